The van der Waals surface area contributed by atoms with E-state index in [-0.39, 0.29) is 5.91 Å². The van der Waals surface area contributed by atoms with E-state index >= 15 is 0 Å². The maximum Gasteiger partial charge on any atom is 0.263 e. The van der Waals surface area contributed by atoms with Gasteiger partial charge >= 0.3 is 0 Å². The zero-order valence-electron chi connectivity index (χ0n) is 11.0. The van der Waals surface area contributed by atoms with Gasteiger partial charge in [-0.05, 0) is 34.0 Å². The van der Waals surface area contributed by atoms with Crippen molar-refractivity contribution in [1.82, 2.24) is 30.5 Å². The molecule has 106 valence electrons. The van der Waals surface area contributed by atoms with Crippen LogP contribution in [0.25, 0.3) is 5.69 Å². The number of pyridine rings is 1. The maximum absolute atomic E-state index is 12.2. The van der Waals surface area contributed by atoms with Crippen LogP contribution in [0.5, 0.6) is 0 Å². The van der Waals surface area contributed by atoms with E-state index in [9.17, 15) is 4.79 Å². The molecule has 8 heteroatoms. The summed E-state index contributed by atoms with van der Waals surface area (Å²) in [5.41, 5.74) is 1.63. The van der Waals surface area contributed by atoms with E-state index in [2.05, 4.69) is 25.8 Å². The normalized spacial score (nSPS) is 10.5. The minimum atomic E-state index is -0.133. The molecule has 0 aliphatic rings. The van der Waals surface area contributed by atoms with Crippen LogP contribution in [0.4, 0.5) is 0 Å². The molecular weight excluding hydrogens is 288 g/mol. The minimum Gasteiger partial charge on any atom is -0.351 e. The van der Waals surface area contributed by atoms with Crippen LogP contribution in [0.3, 0.4) is 0 Å². The summed E-state index contributed by atoms with van der Waals surface area (Å²) in [6.07, 6.45) is 3.90. The number of rotatable bonds is 5. The Balaban J connectivity index is 1.63. The SMILES string of the molecule is O=C(NCCc1ccccn1)c1sccc1-n1cnnn1. The van der Waals surface area contributed by atoms with E-state index in [0.29, 0.717) is 23.5 Å². The first-order valence-electron chi connectivity index (χ1n) is 6.33. The first kappa shape index (κ1) is 13.4. The van der Waals surface area contributed by atoms with Gasteiger partial charge < -0.3 is 5.32 Å². The first-order chi connectivity index (χ1) is 10.3. The molecule has 0 saturated heterocycles. The molecule has 0 atom stereocenters. The standard InChI is InChI=1S/C13H12N6OS/c20-13(15-7-4-10-3-1-2-6-14-10)12-11(5-8-21-12)19-9-16-17-18-19/h1-3,5-6,8-9H,4,7H2,(H,15,20). The number of tetrazole rings is 1. The summed E-state index contributed by atoms with van der Waals surface area (Å²) in [5, 5.41) is 15.7. The molecule has 21 heavy (non-hydrogen) atoms. The van der Waals surface area contributed by atoms with E-state index in [1.807, 2.05) is 29.6 Å². The van der Waals surface area contributed by atoms with Crippen LogP contribution in [-0.2, 0) is 6.42 Å². The highest BCUT2D eigenvalue weighted by Gasteiger charge is 2.15. The van der Waals surface area contributed by atoms with Crippen LogP contribution in [0.15, 0.2) is 42.2 Å². The van der Waals surface area contributed by atoms with E-state index in [4.69, 9.17) is 0 Å². The molecule has 3 rings (SSSR count). The van der Waals surface area contributed by atoms with Crippen molar-refractivity contribution in [2.24, 2.45) is 0 Å². The van der Waals surface area contributed by atoms with Crippen LogP contribution in [0.2, 0.25) is 0 Å². The van der Waals surface area contributed by atoms with Gasteiger partial charge in [0.15, 0.2) is 0 Å². The van der Waals surface area contributed by atoms with E-state index in [0.717, 1.165) is 5.69 Å². The number of hydrogen-bond acceptors (Lipinski definition) is 6. The van der Waals surface area contributed by atoms with Gasteiger partial charge in [-0.3, -0.25) is 9.78 Å². The molecule has 0 fully saturated rings. The van der Waals surface area contributed by atoms with Crippen molar-refractivity contribution in [2.45, 2.75) is 6.42 Å². The van der Waals surface area contributed by atoms with Gasteiger partial charge in [-0.15, -0.1) is 16.4 Å². The topological polar surface area (TPSA) is 85.6 Å². The van der Waals surface area contributed by atoms with Crippen molar-refractivity contribution < 1.29 is 4.79 Å². The molecule has 0 bridgehead atoms. The van der Waals surface area contributed by atoms with E-state index in [1.165, 1.54) is 22.3 Å². The van der Waals surface area contributed by atoms with Gasteiger partial charge in [-0.2, -0.15) is 4.68 Å². The second-order valence-corrected chi connectivity index (χ2v) is 5.13. The summed E-state index contributed by atoms with van der Waals surface area (Å²) in [4.78, 5) is 17.0. The fourth-order valence-corrected chi connectivity index (χ4v) is 2.65. The van der Waals surface area contributed by atoms with Crippen LogP contribution in [-0.4, -0.2) is 37.6 Å². The molecule has 3 aromatic rings. The lowest BCUT2D eigenvalue weighted by molar-refractivity contribution is 0.0958. The minimum absolute atomic E-state index is 0.133. The fourth-order valence-electron chi connectivity index (χ4n) is 1.85. The highest BCUT2D eigenvalue weighted by atomic mass is 32.1. The van der Waals surface area contributed by atoms with Crippen molar-refractivity contribution in [2.75, 3.05) is 6.54 Å². The van der Waals surface area contributed by atoms with Crippen molar-refractivity contribution in [1.29, 1.82) is 0 Å². The number of aromatic nitrogens is 5. The third-order valence-electron chi connectivity index (χ3n) is 2.84. The van der Waals surface area contributed by atoms with Crippen molar-refractivity contribution in [3.63, 3.8) is 0 Å². The number of amides is 1. The predicted molar refractivity (Wildman–Crippen MR) is 77.3 cm³/mol. The number of nitrogens with one attached hydrogen (secondary N) is 1. The molecule has 1 N–H and O–H groups in total. The van der Waals surface area contributed by atoms with E-state index < -0.39 is 0 Å². The highest BCUT2D eigenvalue weighted by Crippen LogP contribution is 2.19. The van der Waals surface area contributed by atoms with Crippen molar-refractivity contribution in [3.05, 3.63) is 52.7 Å². The molecule has 0 aromatic carbocycles. The van der Waals surface area contributed by atoms with Gasteiger partial charge in [0.2, 0.25) is 0 Å². The fraction of sp³-hybridized carbons (Fsp3) is 0.154. The zero-order chi connectivity index (χ0) is 14.5. The van der Waals surface area contributed by atoms with Gasteiger partial charge in [-0.1, -0.05) is 6.07 Å². The lowest BCUT2D eigenvalue weighted by Crippen LogP contribution is -2.26. The van der Waals surface area contributed by atoms with E-state index in [1.54, 1.807) is 6.20 Å². The average molecular weight is 300 g/mol. The molecule has 1 amide bonds. The van der Waals surface area contributed by atoms with Crippen molar-refractivity contribution >= 4 is 17.2 Å². The van der Waals surface area contributed by atoms with Crippen LogP contribution >= 0.6 is 11.3 Å². The molecule has 0 saturated carbocycles. The van der Waals surface area contributed by atoms with Gasteiger partial charge in [0, 0.05) is 24.9 Å². The van der Waals surface area contributed by atoms with Gasteiger partial charge in [-0.25, -0.2) is 0 Å². The number of carbonyl (C=O) groups is 1. The van der Waals surface area contributed by atoms with Gasteiger partial charge in [0.25, 0.3) is 5.91 Å². The van der Waals surface area contributed by atoms with Crippen LogP contribution < -0.4 is 5.32 Å². The molecule has 0 spiro atoms. The largest absolute Gasteiger partial charge is 0.351 e. The number of carbonyl (C=O) groups excluding carboxylic acids is 1. The number of nitrogens with zero attached hydrogens (tertiary/aromatic N) is 5. The molecule has 0 aliphatic heterocycles. The Morgan fingerprint density at radius 3 is 3.05 bits per heavy atom. The number of thiophene rings is 1. The van der Waals surface area contributed by atoms with Crippen molar-refractivity contribution in [3.8, 4) is 5.69 Å². The summed E-state index contributed by atoms with van der Waals surface area (Å²) >= 11 is 1.36. The van der Waals surface area contributed by atoms with Crippen LogP contribution in [0, 0.1) is 0 Å². The number of hydrogen-bond donors (Lipinski definition) is 1. The highest BCUT2D eigenvalue weighted by molar-refractivity contribution is 7.12. The Hall–Kier alpha value is -2.61. The third-order valence-corrected chi connectivity index (χ3v) is 3.74. The Labute approximate surface area is 124 Å². The average Bonchev–Trinajstić information content (AvgIpc) is 3.19. The molecule has 7 nitrogen and oxygen atoms in total. The molecule has 0 unspecified atom stereocenters. The first-order valence-corrected chi connectivity index (χ1v) is 7.21. The van der Waals surface area contributed by atoms with Gasteiger partial charge in [0.1, 0.15) is 11.2 Å². The van der Waals surface area contributed by atoms with Gasteiger partial charge in [0.05, 0.1) is 5.69 Å². The lowest BCUT2D eigenvalue weighted by atomic mass is 10.2. The Bertz CT molecular complexity index is 709. The monoisotopic (exact) mass is 300 g/mol. The summed E-state index contributed by atoms with van der Waals surface area (Å²) in [5.74, 6) is -0.133. The zero-order valence-corrected chi connectivity index (χ0v) is 11.8. The Morgan fingerprint density at radius 2 is 2.29 bits per heavy atom. The second kappa shape index (κ2) is 6.23. The summed E-state index contributed by atoms with van der Waals surface area (Å²) in [7, 11) is 0. The molecule has 0 aliphatic carbocycles. The molecule has 3 heterocycles. The summed E-state index contributed by atoms with van der Waals surface area (Å²) in [6.45, 7) is 0.531. The quantitative estimate of drug-likeness (QED) is 0.762. The second-order valence-electron chi connectivity index (χ2n) is 4.22. The van der Waals surface area contributed by atoms with Crippen LogP contribution in [0.1, 0.15) is 15.4 Å². The lowest BCUT2D eigenvalue weighted by Gasteiger charge is -2.05. The molecular formula is C13H12N6OS. The Morgan fingerprint density at radius 1 is 1.33 bits per heavy atom. The third kappa shape index (κ3) is 3.11. The molecule has 3 aromatic heterocycles. The summed E-state index contributed by atoms with van der Waals surface area (Å²) in [6, 6.07) is 7.55. The smallest absolute Gasteiger partial charge is 0.263 e. The Kier molecular flexibility index (Phi) is 3.97. The maximum atomic E-state index is 12.2. The molecule has 0 radical (unpaired) electrons. The predicted octanol–water partition coefficient (Wildman–Crippen LogP) is 1.09. The summed E-state index contributed by atoms with van der Waals surface area (Å²) < 4.78 is 1.48.